The van der Waals surface area contributed by atoms with E-state index in [1.807, 2.05) is 35.2 Å². The number of carbonyl (C=O) groups is 1. The molecule has 1 fully saturated rings. The van der Waals surface area contributed by atoms with Crippen LogP contribution in [0, 0.1) is 0 Å². The maximum absolute atomic E-state index is 12.4. The van der Waals surface area contributed by atoms with Gasteiger partial charge in [0.2, 0.25) is 0 Å². The SMILES string of the molecule is C[C@H]1CN(C(=O)c2cnn(-c3ccccc3)n2)CCN1.Cl. The molecule has 6 nitrogen and oxygen atoms in total. The summed E-state index contributed by atoms with van der Waals surface area (Å²) in [5.41, 5.74) is 1.24. The molecule has 21 heavy (non-hydrogen) atoms. The van der Waals surface area contributed by atoms with Crippen LogP contribution < -0.4 is 5.32 Å². The number of rotatable bonds is 2. The number of carbonyl (C=O) groups excluding carboxylic acids is 1. The van der Waals surface area contributed by atoms with Crippen LogP contribution in [0.3, 0.4) is 0 Å². The summed E-state index contributed by atoms with van der Waals surface area (Å²) in [5.74, 6) is -0.0551. The van der Waals surface area contributed by atoms with Crippen molar-refractivity contribution < 1.29 is 4.79 Å². The van der Waals surface area contributed by atoms with E-state index < -0.39 is 0 Å². The van der Waals surface area contributed by atoms with Crippen molar-refractivity contribution in [3.05, 3.63) is 42.2 Å². The summed E-state index contributed by atoms with van der Waals surface area (Å²) in [6.45, 7) is 4.30. The lowest BCUT2D eigenvalue weighted by atomic mass is 10.2. The third-order valence-corrected chi connectivity index (χ3v) is 3.35. The summed E-state index contributed by atoms with van der Waals surface area (Å²) in [7, 11) is 0. The smallest absolute Gasteiger partial charge is 0.276 e. The Morgan fingerprint density at radius 3 is 2.81 bits per heavy atom. The predicted molar refractivity (Wildman–Crippen MR) is 82.0 cm³/mol. The zero-order chi connectivity index (χ0) is 13.9. The van der Waals surface area contributed by atoms with Crippen LogP contribution in [-0.4, -0.2) is 51.5 Å². The van der Waals surface area contributed by atoms with Crippen molar-refractivity contribution in [2.45, 2.75) is 13.0 Å². The quantitative estimate of drug-likeness (QED) is 0.903. The van der Waals surface area contributed by atoms with Gasteiger partial charge >= 0.3 is 0 Å². The first-order chi connectivity index (χ1) is 9.74. The number of hydrogen-bond acceptors (Lipinski definition) is 4. The fraction of sp³-hybridized carbons (Fsp3) is 0.357. The van der Waals surface area contributed by atoms with Gasteiger partial charge in [-0.05, 0) is 19.1 Å². The molecular formula is C14H18ClN5O. The minimum Gasteiger partial charge on any atom is -0.334 e. The van der Waals surface area contributed by atoms with Crippen molar-refractivity contribution in [3.63, 3.8) is 0 Å². The Kier molecular flexibility index (Phi) is 4.93. The highest BCUT2D eigenvalue weighted by Gasteiger charge is 2.23. The average molecular weight is 308 g/mol. The number of nitrogens with zero attached hydrogens (tertiary/aromatic N) is 4. The van der Waals surface area contributed by atoms with Crippen LogP contribution in [0.2, 0.25) is 0 Å². The minimum atomic E-state index is -0.0551. The molecular weight excluding hydrogens is 290 g/mol. The van der Waals surface area contributed by atoms with Gasteiger partial charge in [-0.25, -0.2) is 0 Å². The van der Waals surface area contributed by atoms with E-state index >= 15 is 0 Å². The highest BCUT2D eigenvalue weighted by Crippen LogP contribution is 2.08. The fourth-order valence-electron chi connectivity index (χ4n) is 2.33. The monoisotopic (exact) mass is 307 g/mol. The molecule has 112 valence electrons. The molecule has 1 amide bonds. The highest BCUT2D eigenvalue weighted by molar-refractivity contribution is 5.92. The van der Waals surface area contributed by atoms with Gasteiger partial charge in [0.05, 0.1) is 11.9 Å². The van der Waals surface area contributed by atoms with E-state index in [1.165, 1.54) is 11.0 Å². The Bertz CT molecular complexity index is 600. The van der Waals surface area contributed by atoms with Gasteiger partial charge in [-0.15, -0.1) is 17.5 Å². The summed E-state index contributed by atoms with van der Waals surface area (Å²) < 4.78 is 0. The second-order valence-electron chi connectivity index (χ2n) is 4.96. The Balaban J connectivity index is 0.00000161. The van der Waals surface area contributed by atoms with Gasteiger partial charge < -0.3 is 10.2 Å². The predicted octanol–water partition coefficient (Wildman–Crippen LogP) is 1.12. The van der Waals surface area contributed by atoms with Crippen LogP contribution in [0.25, 0.3) is 5.69 Å². The topological polar surface area (TPSA) is 63.1 Å². The van der Waals surface area contributed by atoms with Gasteiger partial charge in [-0.1, -0.05) is 18.2 Å². The molecule has 0 bridgehead atoms. The van der Waals surface area contributed by atoms with E-state index in [-0.39, 0.29) is 18.3 Å². The maximum Gasteiger partial charge on any atom is 0.276 e. The molecule has 1 aromatic carbocycles. The van der Waals surface area contributed by atoms with E-state index in [9.17, 15) is 4.79 Å². The van der Waals surface area contributed by atoms with Gasteiger partial charge in [-0.2, -0.15) is 9.90 Å². The van der Waals surface area contributed by atoms with Crippen LogP contribution in [0.1, 0.15) is 17.4 Å². The minimum absolute atomic E-state index is 0. The van der Waals surface area contributed by atoms with E-state index in [0.717, 1.165) is 12.2 Å². The van der Waals surface area contributed by atoms with Crippen molar-refractivity contribution >= 4 is 18.3 Å². The van der Waals surface area contributed by atoms with Gasteiger partial charge in [-0.3, -0.25) is 4.79 Å². The normalized spacial score (nSPS) is 18.1. The summed E-state index contributed by atoms with van der Waals surface area (Å²) in [6.07, 6.45) is 1.53. The van der Waals surface area contributed by atoms with Crippen molar-refractivity contribution in [1.29, 1.82) is 0 Å². The summed E-state index contributed by atoms with van der Waals surface area (Å²) in [5, 5.41) is 11.8. The lowest BCUT2D eigenvalue weighted by molar-refractivity contribution is 0.0702. The molecule has 7 heteroatoms. The van der Waals surface area contributed by atoms with Gasteiger partial charge in [0.1, 0.15) is 0 Å². The van der Waals surface area contributed by atoms with Crippen LogP contribution >= 0.6 is 12.4 Å². The molecule has 2 heterocycles. The molecule has 1 N–H and O–H groups in total. The standard InChI is InChI=1S/C14H17N5O.ClH/c1-11-10-18(8-7-15-11)14(20)13-9-16-19(17-13)12-5-3-2-4-6-12;/h2-6,9,11,15H,7-8,10H2,1H3;1H/t11-;/m0./s1. The Hall–Kier alpha value is -1.92. The second-order valence-corrected chi connectivity index (χ2v) is 4.96. The summed E-state index contributed by atoms with van der Waals surface area (Å²) in [4.78, 5) is 15.7. The number of benzene rings is 1. The molecule has 0 aliphatic carbocycles. The first-order valence-corrected chi connectivity index (χ1v) is 6.74. The molecule has 1 aliphatic rings. The zero-order valence-corrected chi connectivity index (χ0v) is 12.6. The Labute approximate surface area is 129 Å². The summed E-state index contributed by atoms with van der Waals surface area (Å²) >= 11 is 0. The number of amides is 1. The van der Waals surface area contributed by atoms with Gasteiger partial charge in [0, 0.05) is 25.7 Å². The summed E-state index contributed by atoms with van der Waals surface area (Å²) in [6, 6.07) is 9.89. The highest BCUT2D eigenvalue weighted by atomic mass is 35.5. The first kappa shape index (κ1) is 15.5. The number of piperazine rings is 1. The van der Waals surface area contributed by atoms with E-state index in [0.29, 0.717) is 24.8 Å². The lowest BCUT2D eigenvalue weighted by Crippen LogP contribution is -2.51. The third-order valence-electron chi connectivity index (χ3n) is 3.35. The second kappa shape index (κ2) is 6.69. The molecule has 1 saturated heterocycles. The molecule has 3 rings (SSSR count). The third kappa shape index (κ3) is 3.40. The van der Waals surface area contributed by atoms with E-state index in [2.05, 4.69) is 22.4 Å². The Morgan fingerprint density at radius 2 is 2.10 bits per heavy atom. The van der Waals surface area contributed by atoms with Crippen LogP contribution in [-0.2, 0) is 0 Å². The molecule has 1 aliphatic heterocycles. The largest absolute Gasteiger partial charge is 0.334 e. The average Bonchev–Trinajstić information content (AvgIpc) is 2.97. The van der Waals surface area contributed by atoms with Gasteiger partial charge in [0.15, 0.2) is 5.69 Å². The van der Waals surface area contributed by atoms with E-state index in [1.54, 1.807) is 0 Å². The molecule has 0 unspecified atom stereocenters. The Morgan fingerprint density at radius 1 is 1.33 bits per heavy atom. The van der Waals surface area contributed by atoms with Crippen LogP contribution in [0.15, 0.2) is 36.5 Å². The van der Waals surface area contributed by atoms with Crippen molar-refractivity contribution in [3.8, 4) is 5.69 Å². The molecule has 0 saturated carbocycles. The van der Waals surface area contributed by atoms with Crippen molar-refractivity contribution in [1.82, 2.24) is 25.2 Å². The maximum atomic E-state index is 12.4. The van der Waals surface area contributed by atoms with Crippen LogP contribution in [0.4, 0.5) is 0 Å². The number of halogens is 1. The van der Waals surface area contributed by atoms with Gasteiger partial charge in [0.25, 0.3) is 5.91 Å². The zero-order valence-electron chi connectivity index (χ0n) is 11.8. The molecule has 0 spiro atoms. The lowest BCUT2D eigenvalue weighted by Gasteiger charge is -2.31. The number of para-hydroxylation sites is 1. The molecule has 1 atom stereocenters. The fourth-order valence-corrected chi connectivity index (χ4v) is 2.33. The van der Waals surface area contributed by atoms with Crippen LogP contribution in [0.5, 0.6) is 0 Å². The number of nitrogens with one attached hydrogen (secondary N) is 1. The molecule has 0 radical (unpaired) electrons. The number of hydrogen-bond donors (Lipinski definition) is 1. The molecule has 1 aromatic heterocycles. The van der Waals surface area contributed by atoms with Crippen molar-refractivity contribution in [2.24, 2.45) is 0 Å². The van der Waals surface area contributed by atoms with E-state index in [4.69, 9.17) is 0 Å². The van der Waals surface area contributed by atoms with Crippen molar-refractivity contribution in [2.75, 3.05) is 19.6 Å². The molecule has 2 aromatic rings. The number of aromatic nitrogens is 3. The first-order valence-electron chi connectivity index (χ1n) is 6.74.